The van der Waals surface area contributed by atoms with E-state index in [1.54, 1.807) is 4.90 Å². The van der Waals surface area contributed by atoms with Gasteiger partial charge in [-0.05, 0) is 50.7 Å². The fourth-order valence-corrected chi connectivity index (χ4v) is 5.33. The Hall–Kier alpha value is -2.96. The Bertz CT molecular complexity index is 1050. The van der Waals surface area contributed by atoms with E-state index in [0.717, 1.165) is 73.7 Å². The van der Waals surface area contributed by atoms with Gasteiger partial charge in [-0.1, -0.05) is 18.2 Å². The van der Waals surface area contributed by atoms with Gasteiger partial charge in [0.1, 0.15) is 5.82 Å². The maximum Gasteiger partial charge on any atom is 0.254 e. The molecule has 0 N–H and O–H groups in total. The summed E-state index contributed by atoms with van der Waals surface area (Å²) in [5.41, 5.74) is 4.08. The molecule has 168 valence electrons. The van der Waals surface area contributed by atoms with E-state index in [9.17, 15) is 9.59 Å². The number of hydrogen-bond acceptors (Lipinski definition) is 5. The van der Waals surface area contributed by atoms with E-state index in [1.165, 1.54) is 5.56 Å². The van der Waals surface area contributed by atoms with Gasteiger partial charge in [-0.2, -0.15) is 0 Å². The second-order valence-corrected chi connectivity index (χ2v) is 9.23. The van der Waals surface area contributed by atoms with Crippen molar-refractivity contribution in [3.63, 3.8) is 0 Å². The van der Waals surface area contributed by atoms with E-state index in [1.807, 2.05) is 29.2 Å². The summed E-state index contributed by atoms with van der Waals surface area (Å²) in [5.74, 6) is 1.91. The van der Waals surface area contributed by atoms with Gasteiger partial charge in [0.05, 0.1) is 6.04 Å². The van der Waals surface area contributed by atoms with Crippen molar-refractivity contribution in [2.75, 3.05) is 31.6 Å². The summed E-state index contributed by atoms with van der Waals surface area (Å²) in [6.07, 6.45) is 5.44. The molecule has 7 heteroatoms. The molecule has 0 bridgehead atoms. The van der Waals surface area contributed by atoms with Crippen molar-refractivity contribution >= 4 is 17.6 Å². The lowest BCUT2D eigenvalue weighted by Crippen LogP contribution is -2.41. The standard InChI is InChI=1S/C25H31N5O2/c1-17-19-10-7-13-28(2)24(19)27-23(26-17)21-11-5-6-14-30(21)22(31)12-15-29-16-18-8-3-4-9-20(18)25(29)32/h3-4,8-9,21H,5-7,10-16H2,1-2H3/t21-/m0/s1. The van der Waals surface area contributed by atoms with Crippen LogP contribution in [0, 0.1) is 6.92 Å². The van der Waals surface area contributed by atoms with Gasteiger partial charge in [-0.15, -0.1) is 0 Å². The molecule has 32 heavy (non-hydrogen) atoms. The summed E-state index contributed by atoms with van der Waals surface area (Å²) in [4.78, 5) is 41.7. The van der Waals surface area contributed by atoms with Crippen LogP contribution in [0.5, 0.6) is 0 Å². The van der Waals surface area contributed by atoms with Crippen molar-refractivity contribution in [3.8, 4) is 0 Å². The maximum atomic E-state index is 13.3. The highest BCUT2D eigenvalue weighted by Gasteiger charge is 2.33. The average molecular weight is 434 g/mol. The van der Waals surface area contributed by atoms with Crippen LogP contribution in [0.3, 0.4) is 0 Å². The summed E-state index contributed by atoms with van der Waals surface area (Å²) in [6.45, 7) is 4.83. The Kier molecular flexibility index (Phi) is 5.57. The predicted octanol–water partition coefficient (Wildman–Crippen LogP) is 3.27. The number of hydrogen-bond donors (Lipinski definition) is 0. The molecule has 2 aromatic rings. The SMILES string of the molecule is Cc1nc([C@@H]2CCCCN2C(=O)CCN2Cc3ccccc3C2=O)nc2c1CCCN2C. The molecule has 3 aliphatic rings. The number of amides is 2. The summed E-state index contributed by atoms with van der Waals surface area (Å²) in [5, 5.41) is 0. The normalized spacial score (nSPS) is 20.4. The van der Waals surface area contributed by atoms with Crippen LogP contribution in [0.25, 0.3) is 0 Å². The third-order valence-electron chi connectivity index (χ3n) is 7.10. The van der Waals surface area contributed by atoms with Crippen LogP contribution in [0.1, 0.15) is 71.1 Å². The van der Waals surface area contributed by atoms with Crippen molar-refractivity contribution in [3.05, 3.63) is 52.5 Å². The van der Waals surface area contributed by atoms with Crippen molar-refractivity contribution < 1.29 is 9.59 Å². The number of carbonyl (C=O) groups is 2. The van der Waals surface area contributed by atoms with Gasteiger partial charge in [0.15, 0.2) is 5.82 Å². The molecule has 1 fully saturated rings. The fraction of sp³-hybridized carbons (Fsp3) is 0.520. The molecule has 3 aliphatic heterocycles. The van der Waals surface area contributed by atoms with E-state index in [4.69, 9.17) is 9.97 Å². The van der Waals surface area contributed by atoms with Crippen molar-refractivity contribution in [2.24, 2.45) is 0 Å². The van der Waals surface area contributed by atoms with Crippen LogP contribution < -0.4 is 4.90 Å². The van der Waals surface area contributed by atoms with Crippen molar-refractivity contribution in [1.82, 2.24) is 19.8 Å². The Morgan fingerprint density at radius 2 is 1.97 bits per heavy atom. The average Bonchev–Trinajstić information content (AvgIpc) is 3.14. The van der Waals surface area contributed by atoms with Gasteiger partial charge in [0.25, 0.3) is 5.91 Å². The first-order valence-electron chi connectivity index (χ1n) is 11.8. The second kappa shape index (κ2) is 8.52. The molecule has 4 heterocycles. The monoisotopic (exact) mass is 433 g/mol. The van der Waals surface area contributed by atoms with E-state index in [-0.39, 0.29) is 17.9 Å². The number of aryl methyl sites for hydroxylation is 1. The number of nitrogens with zero attached hydrogens (tertiary/aromatic N) is 5. The highest BCUT2D eigenvalue weighted by molar-refractivity contribution is 5.98. The molecule has 1 aromatic carbocycles. The minimum absolute atomic E-state index is 0.0280. The molecule has 0 unspecified atom stereocenters. The summed E-state index contributed by atoms with van der Waals surface area (Å²) < 4.78 is 0. The lowest BCUT2D eigenvalue weighted by molar-refractivity contribution is -0.135. The van der Waals surface area contributed by atoms with E-state index >= 15 is 0 Å². The molecule has 2 amide bonds. The molecule has 0 radical (unpaired) electrons. The Morgan fingerprint density at radius 3 is 2.81 bits per heavy atom. The number of carbonyl (C=O) groups excluding carboxylic acids is 2. The molecule has 0 aliphatic carbocycles. The van der Waals surface area contributed by atoms with Gasteiger partial charge in [0.2, 0.25) is 5.91 Å². The molecule has 0 saturated carbocycles. The maximum absolute atomic E-state index is 13.3. The number of benzene rings is 1. The van der Waals surface area contributed by atoms with Crippen LogP contribution in [-0.2, 0) is 17.8 Å². The lowest BCUT2D eigenvalue weighted by atomic mass is 9.99. The van der Waals surface area contributed by atoms with Crippen LogP contribution in [0.2, 0.25) is 0 Å². The largest absolute Gasteiger partial charge is 0.359 e. The number of aromatic nitrogens is 2. The van der Waals surface area contributed by atoms with Gasteiger partial charge in [-0.25, -0.2) is 9.97 Å². The Morgan fingerprint density at radius 1 is 1.12 bits per heavy atom. The van der Waals surface area contributed by atoms with Gasteiger partial charge in [0, 0.05) is 56.5 Å². The second-order valence-electron chi connectivity index (χ2n) is 9.23. The molecule has 1 aromatic heterocycles. The molecule has 0 spiro atoms. The highest BCUT2D eigenvalue weighted by atomic mass is 16.2. The fourth-order valence-electron chi connectivity index (χ4n) is 5.33. The van der Waals surface area contributed by atoms with Crippen LogP contribution in [0.15, 0.2) is 24.3 Å². The molecule has 5 rings (SSSR count). The van der Waals surface area contributed by atoms with Gasteiger partial charge in [-0.3, -0.25) is 9.59 Å². The van der Waals surface area contributed by atoms with Crippen molar-refractivity contribution in [1.29, 1.82) is 0 Å². The van der Waals surface area contributed by atoms with E-state index in [0.29, 0.717) is 19.5 Å². The zero-order valence-electron chi connectivity index (χ0n) is 19.0. The predicted molar refractivity (Wildman–Crippen MR) is 122 cm³/mol. The van der Waals surface area contributed by atoms with E-state index in [2.05, 4.69) is 18.9 Å². The number of anilines is 1. The van der Waals surface area contributed by atoms with Crippen molar-refractivity contribution in [2.45, 2.75) is 58.0 Å². The minimum atomic E-state index is -0.0814. The molecule has 1 saturated heterocycles. The minimum Gasteiger partial charge on any atom is -0.359 e. The smallest absolute Gasteiger partial charge is 0.254 e. The molecule has 7 nitrogen and oxygen atoms in total. The molecule has 1 atom stereocenters. The topological polar surface area (TPSA) is 69.6 Å². The first-order chi connectivity index (χ1) is 15.5. The summed E-state index contributed by atoms with van der Waals surface area (Å²) >= 11 is 0. The number of likely N-dealkylation sites (tertiary alicyclic amines) is 1. The third-order valence-corrected chi connectivity index (χ3v) is 7.10. The summed E-state index contributed by atoms with van der Waals surface area (Å²) in [6, 6.07) is 7.62. The zero-order valence-corrected chi connectivity index (χ0v) is 19.0. The summed E-state index contributed by atoms with van der Waals surface area (Å²) in [7, 11) is 2.09. The van der Waals surface area contributed by atoms with Gasteiger partial charge < -0.3 is 14.7 Å². The van der Waals surface area contributed by atoms with Gasteiger partial charge >= 0.3 is 0 Å². The first-order valence-corrected chi connectivity index (χ1v) is 11.8. The Labute approximate surface area is 189 Å². The molecular weight excluding hydrogens is 402 g/mol. The number of rotatable bonds is 4. The Balaban J connectivity index is 1.31. The molecular formula is C25H31N5O2. The van der Waals surface area contributed by atoms with Crippen LogP contribution in [0.4, 0.5) is 5.82 Å². The lowest BCUT2D eigenvalue weighted by Gasteiger charge is -2.36. The first kappa shape index (κ1) is 20.9. The number of fused-ring (bicyclic) bond motifs is 2. The quantitative estimate of drug-likeness (QED) is 0.740. The van der Waals surface area contributed by atoms with Crippen LogP contribution >= 0.6 is 0 Å². The van der Waals surface area contributed by atoms with E-state index < -0.39 is 0 Å². The zero-order chi connectivity index (χ0) is 22.2. The third kappa shape index (κ3) is 3.74. The number of piperidine rings is 1. The van der Waals surface area contributed by atoms with Crippen LogP contribution in [-0.4, -0.2) is 58.3 Å². The highest BCUT2D eigenvalue weighted by Crippen LogP contribution is 2.33.